The molecule has 14 heavy (non-hydrogen) atoms. The van der Waals surface area contributed by atoms with Crippen molar-refractivity contribution in [3.63, 3.8) is 0 Å². The van der Waals surface area contributed by atoms with E-state index in [9.17, 15) is 0 Å². The van der Waals surface area contributed by atoms with Crippen LogP contribution in [0.5, 0.6) is 5.75 Å². The molecule has 0 spiro atoms. The molecule has 0 radical (unpaired) electrons. The average Bonchev–Trinajstić information content (AvgIpc) is 2.92. The maximum atomic E-state index is 5.77. The third-order valence-electron chi connectivity index (χ3n) is 2.24. The van der Waals surface area contributed by atoms with Crippen LogP contribution in [0.15, 0.2) is 22.7 Å². The minimum absolute atomic E-state index is 0.448. The smallest absolute Gasteiger partial charge is 0.136 e. The van der Waals surface area contributed by atoms with E-state index in [-0.39, 0.29) is 0 Å². The molecule has 0 atom stereocenters. The average molecular weight is 256 g/mol. The van der Waals surface area contributed by atoms with Gasteiger partial charge in [0.05, 0.1) is 16.3 Å². The molecule has 1 aromatic carbocycles. The van der Waals surface area contributed by atoms with Crippen LogP contribution in [0, 0.1) is 0 Å². The van der Waals surface area contributed by atoms with Crippen molar-refractivity contribution in [1.29, 1.82) is 0 Å². The second-order valence-electron chi connectivity index (χ2n) is 3.80. The lowest BCUT2D eigenvalue weighted by molar-refractivity contribution is 0.301. The summed E-state index contributed by atoms with van der Waals surface area (Å²) in [6, 6.07) is 6.11. The summed E-state index contributed by atoms with van der Waals surface area (Å²) in [6.07, 6.45) is 2.83. The van der Waals surface area contributed by atoms with Gasteiger partial charge in [0.1, 0.15) is 5.75 Å². The largest absolute Gasteiger partial charge is 0.489 e. The third-order valence-corrected chi connectivity index (χ3v) is 3.04. The molecule has 0 saturated heterocycles. The van der Waals surface area contributed by atoms with Gasteiger partial charge in [-0.25, -0.2) is 0 Å². The predicted molar refractivity (Wildman–Crippen MR) is 62.1 cm³/mol. The molecular formula is C11H14BrNO. The Kier molecular flexibility index (Phi) is 2.68. The predicted octanol–water partition coefficient (Wildman–Crippen LogP) is 3.06. The summed E-state index contributed by atoms with van der Waals surface area (Å²) in [4.78, 5) is 2.07. The van der Waals surface area contributed by atoms with Crippen molar-refractivity contribution in [2.75, 3.05) is 19.0 Å². The van der Waals surface area contributed by atoms with Gasteiger partial charge in [-0.1, -0.05) is 6.07 Å². The lowest BCUT2D eigenvalue weighted by Gasteiger charge is -2.17. The number of anilines is 1. The molecule has 3 heteroatoms. The topological polar surface area (TPSA) is 12.5 Å². The van der Waals surface area contributed by atoms with E-state index in [0.717, 1.165) is 15.9 Å². The Balaban J connectivity index is 2.25. The Bertz CT molecular complexity index is 334. The number of ether oxygens (including phenoxy) is 1. The first-order chi connectivity index (χ1) is 6.68. The van der Waals surface area contributed by atoms with Crippen molar-refractivity contribution in [1.82, 2.24) is 0 Å². The first-order valence-corrected chi connectivity index (χ1v) is 5.60. The summed E-state index contributed by atoms with van der Waals surface area (Å²) in [5.41, 5.74) is 1.16. The Hall–Kier alpha value is -0.700. The van der Waals surface area contributed by atoms with E-state index in [0.29, 0.717) is 6.10 Å². The van der Waals surface area contributed by atoms with Gasteiger partial charge in [0, 0.05) is 14.1 Å². The Morgan fingerprint density at radius 3 is 2.64 bits per heavy atom. The third kappa shape index (κ3) is 2.03. The van der Waals surface area contributed by atoms with Crippen LogP contribution in [-0.2, 0) is 0 Å². The van der Waals surface area contributed by atoms with Crippen LogP contribution in [0.3, 0.4) is 0 Å². The quantitative estimate of drug-likeness (QED) is 0.824. The first kappa shape index (κ1) is 9.84. The van der Waals surface area contributed by atoms with E-state index in [4.69, 9.17) is 4.74 Å². The molecule has 1 fully saturated rings. The summed E-state index contributed by atoms with van der Waals surface area (Å²) in [5, 5.41) is 0. The first-order valence-electron chi connectivity index (χ1n) is 4.81. The number of halogens is 1. The maximum Gasteiger partial charge on any atom is 0.136 e. The van der Waals surface area contributed by atoms with E-state index in [1.54, 1.807) is 0 Å². The van der Waals surface area contributed by atoms with E-state index >= 15 is 0 Å². The minimum Gasteiger partial charge on any atom is -0.489 e. The van der Waals surface area contributed by atoms with Gasteiger partial charge in [-0.2, -0.15) is 0 Å². The molecule has 0 aromatic heterocycles. The van der Waals surface area contributed by atoms with Crippen molar-refractivity contribution in [3.8, 4) is 5.75 Å². The van der Waals surface area contributed by atoms with E-state index in [1.807, 2.05) is 26.2 Å². The van der Waals surface area contributed by atoms with Crippen LogP contribution in [0.25, 0.3) is 0 Å². The fourth-order valence-corrected chi connectivity index (χ4v) is 2.01. The number of rotatable bonds is 3. The highest BCUT2D eigenvalue weighted by Gasteiger charge is 2.24. The van der Waals surface area contributed by atoms with Crippen molar-refractivity contribution < 1.29 is 4.74 Å². The fourth-order valence-electron chi connectivity index (χ4n) is 1.30. The molecule has 0 N–H and O–H groups in total. The lowest BCUT2D eigenvalue weighted by Crippen LogP contribution is -2.10. The number of hydrogen-bond acceptors (Lipinski definition) is 2. The van der Waals surface area contributed by atoms with Crippen molar-refractivity contribution in [2.45, 2.75) is 18.9 Å². The molecule has 0 aliphatic heterocycles. The van der Waals surface area contributed by atoms with E-state index in [2.05, 4.69) is 26.9 Å². The summed E-state index contributed by atoms with van der Waals surface area (Å²) in [7, 11) is 4.06. The second kappa shape index (κ2) is 3.81. The number of nitrogens with zero attached hydrogens (tertiary/aromatic N) is 1. The number of benzene rings is 1. The molecular weight excluding hydrogens is 242 g/mol. The lowest BCUT2D eigenvalue weighted by atomic mass is 10.3. The number of hydrogen-bond donors (Lipinski definition) is 0. The molecule has 0 heterocycles. The van der Waals surface area contributed by atoms with Crippen molar-refractivity contribution in [3.05, 3.63) is 22.7 Å². The molecule has 76 valence electrons. The van der Waals surface area contributed by atoms with Gasteiger partial charge in [0.25, 0.3) is 0 Å². The van der Waals surface area contributed by atoms with Crippen molar-refractivity contribution >= 4 is 21.6 Å². The van der Waals surface area contributed by atoms with Gasteiger partial charge in [-0.05, 0) is 40.9 Å². The van der Waals surface area contributed by atoms with Crippen LogP contribution in [0.4, 0.5) is 5.69 Å². The molecule has 1 aliphatic rings. The van der Waals surface area contributed by atoms with Gasteiger partial charge >= 0.3 is 0 Å². The summed E-state index contributed by atoms with van der Waals surface area (Å²) in [6.45, 7) is 0. The highest BCUT2D eigenvalue weighted by molar-refractivity contribution is 9.10. The van der Waals surface area contributed by atoms with E-state index in [1.165, 1.54) is 12.8 Å². The fraction of sp³-hybridized carbons (Fsp3) is 0.455. The standard InChI is InChI=1S/C11H14BrNO/c1-13(2)9-4-3-5-10(11(9)12)14-8-6-7-8/h3-5,8H,6-7H2,1-2H3. The Morgan fingerprint density at radius 1 is 1.36 bits per heavy atom. The van der Waals surface area contributed by atoms with Gasteiger partial charge in [0.15, 0.2) is 0 Å². The Labute approximate surface area is 93.0 Å². The van der Waals surface area contributed by atoms with Gasteiger partial charge in [-0.3, -0.25) is 0 Å². The van der Waals surface area contributed by atoms with Crippen LogP contribution in [0.2, 0.25) is 0 Å². The zero-order valence-electron chi connectivity index (χ0n) is 8.46. The van der Waals surface area contributed by atoms with Crippen LogP contribution in [-0.4, -0.2) is 20.2 Å². The molecule has 2 rings (SSSR count). The highest BCUT2D eigenvalue weighted by Crippen LogP contribution is 2.37. The zero-order valence-corrected chi connectivity index (χ0v) is 10.0. The monoisotopic (exact) mass is 255 g/mol. The minimum atomic E-state index is 0.448. The van der Waals surface area contributed by atoms with Crippen LogP contribution in [0.1, 0.15) is 12.8 Å². The molecule has 0 unspecified atom stereocenters. The second-order valence-corrected chi connectivity index (χ2v) is 4.59. The molecule has 2 nitrogen and oxygen atoms in total. The Morgan fingerprint density at radius 2 is 2.07 bits per heavy atom. The normalized spacial score (nSPS) is 15.4. The summed E-state index contributed by atoms with van der Waals surface area (Å²) in [5.74, 6) is 0.957. The van der Waals surface area contributed by atoms with Crippen LogP contribution >= 0.6 is 15.9 Å². The van der Waals surface area contributed by atoms with Gasteiger partial charge in [-0.15, -0.1) is 0 Å². The molecule has 1 aromatic rings. The highest BCUT2D eigenvalue weighted by atomic mass is 79.9. The maximum absolute atomic E-state index is 5.77. The SMILES string of the molecule is CN(C)c1cccc(OC2CC2)c1Br. The van der Waals surface area contributed by atoms with Crippen LogP contribution < -0.4 is 9.64 Å². The molecule has 1 saturated carbocycles. The molecule has 0 bridgehead atoms. The van der Waals surface area contributed by atoms with E-state index < -0.39 is 0 Å². The molecule has 1 aliphatic carbocycles. The summed E-state index contributed by atoms with van der Waals surface area (Å²) < 4.78 is 6.83. The van der Waals surface area contributed by atoms with Crippen molar-refractivity contribution in [2.24, 2.45) is 0 Å². The van der Waals surface area contributed by atoms with Gasteiger partial charge in [0.2, 0.25) is 0 Å². The summed E-state index contributed by atoms with van der Waals surface area (Å²) >= 11 is 3.57. The molecule has 0 amide bonds. The zero-order chi connectivity index (χ0) is 10.1. The van der Waals surface area contributed by atoms with Gasteiger partial charge < -0.3 is 9.64 Å².